The standard InChI is InChI=1S/C15H22N6O.2ClH/c1-15(2,16)14-18-13(22-19-14)11-20-7-9-21(10-8-20)12-5-3-4-6-17-12;;/h3-6H,7-11,16H2,1-2H3;2*1H. The zero-order chi connectivity index (χ0) is 15.6. The molecule has 0 spiro atoms. The summed E-state index contributed by atoms with van der Waals surface area (Å²) in [5, 5.41) is 3.96. The first-order chi connectivity index (χ1) is 10.5. The Morgan fingerprint density at radius 3 is 2.42 bits per heavy atom. The van der Waals surface area contributed by atoms with Crippen LogP contribution in [0.3, 0.4) is 0 Å². The summed E-state index contributed by atoms with van der Waals surface area (Å²) in [4.78, 5) is 13.4. The summed E-state index contributed by atoms with van der Waals surface area (Å²) < 4.78 is 5.30. The molecule has 1 aliphatic heterocycles. The first-order valence-corrected chi connectivity index (χ1v) is 7.52. The van der Waals surface area contributed by atoms with Crippen molar-refractivity contribution in [3.8, 4) is 0 Å². The molecule has 2 aromatic rings. The quantitative estimate of drug-likeness (QED) is 0.873. The molecule has 0 unspecified atom stereocenters. The van der Waals surface area contributed by atoms with Crippen LogP contribution in [0.5, 0.6) is 0 Å². The maximum absolute atomic E-state index is 5.97. The van der Waals surface area contributed by atoms with Crippen LogP contribution in [0, 0.1) is 0 Å². The smallest absolute Gasteiger partial charge is 0.240 e. The first kappa shape index (κ1) is 20.6. The molecular formula is C15H24Cl2N6O. The molecule has 0 aliphatic carbocycles. The van der Waals surface area contributed by atoms with Crippen molar-refractivity contribution < 1.29 is 4.52 Å². The maximum Gasteiger partial charge on any atom is 0.240 e. The molecule has 0 amide bonds. The summed E-state index contributed by atoms with van der Waals surface area (Å²) in [6.07, 6.45) is 1.83. The molecule has 1 aliphatic rings. The number of aromatic nitrogens is 3. The predicted octanol–water partition coefficient (Wildman–Crippen LogP) is 1.82. The molecule has 2 aromatic heterocycles. The Balaban J connectivity index is 0.00000144. The highest BCUT2D eigenvalue weighted by Gasteiger charge is 2.24. The van der Waals surface area contributed by atoms with Gasteiger partial charge in [-0.25, -0.2) is 4.98 Å². The van der Waals surface area contributed by atoms with Crippen molar-refractivity contribution in [1.29, 1.82) is 0 Å². The van der Waals surface area contributed by atoms with Gasteiger partial charge in [-0.3, -0.25) is 4.90 Å². The predicted molar refractivity (Wildman–Crippen MR) is 97.7 cm³/mol. The summed E-state index contributed by atoms with van der Waals surface area (Å²) in [5.74, 6) is 2.21. The number of pyridine rings is 1. The summed E-state index contributed by atoms with van der Waals surface area (Å²) in [6, 6.07) is 6.00. The summed E-state index contributed by atoms with van der Waals surface area (Å²) in [6.45, 7) is 8.18. The van der Waals surface area contributed by atoms with Gasteiger partial charge >= 0.3 is 0 Å². The van der Waals surface area contributed by atoms with Gasteiger partial charge < -0.3 is 15.2 Å². The van der Waals surface area contributed by atoms with Crippen LogP contribution in [0.4, 0.5) is 5.82 Å². The van der Waals surface area contributed by atoms with Gasteiger partial charge in [0.1, 0.15) is 5.82 Å². The lowest BCUT2D eigenvalue weighted by molar-refractivity contribution is 0.214. The van der Waals surface area contributed by atoms with E-state index in [0.717, 1.165) is 32.0 Å². The minimum atomic E-state index is -0.570. The third kappa shape index (κ3) is 5.04. The van der Waals surface area contributed by atoms with Gasteiger partial charge in [0.2, 0.25) is 5.89 Å². The van der Waals surface area contributed by atoms with Gasteiger partial charge in [-0.1, -0.05) is 11.2 Å². The summed E-state index contributed by atoms with van der Waals surface area (Å²) in [7, 11) is 0. The molecular weight excluding hydrogens is 351 g/mol. The lowest BCUT2D eigenvalue weighted by Gasteiger charge is -2.34. The molecule has 0 bridgehead atoms. The molecule has 0 saturated carbocycles. The van der Waals surface area contributed by atoms with Gasteiger partial charge in [-0.15, -0.1) is 24.8 Å². The van der Waals surface area contributed by atoms with Gasteiger partial charge in [-0.2, -0.15) is 4.98 Å². The van der Waals surface area contributed by atoms with Crippen molar-refractivity contribution in [2.75, 3.05) is 31.1 Å². The van der Waals surface area contributed by atoms with Gasteiger partial charge in [0, 0.05) is 32.4 Å². The Hall–Kier alpha value is -1.41. The van der Waals surface area contributed by atoms with E-state index < -0.39 is 5.54 Å². The van der Waals surface area contributed by atoms with Gasteiger partial charge in [0.05, 0.1) is 12.1 Å². The number of halogens is 2. The lowest BCUT2D eigenvalue weighted by Crippen LogP contribution is -2.46. The fourth-order valence-corrected chi connectivity index (χ4v) is 2.45. The van der Waals surface area contributed by atoms with Crippen molar-refractivity contribution >= 4 is 30.6 Å². The van der Waals surface area contributed by atoms with Crippen LogP contribution in [0.1, 0.15) is 25.6 Å². The number of piperazine rings is 1. The number of hydrogen-bond acceptors (Lipinski definition) is 7. The zero-order valence-corrected chi connectivity index (χ0v) is 15.5. The van der Waals surface area contributed by atoms with E-state index in [4.69, 9.17) is 10.3 Å². The molecule has 1 saturated heterocycles. The number of anilines is 1. The fraction of sp³-hybridized carbons (Fsp3) is 0.533. The van der Waals surface area contributed by atoms with Gasteiger partial charge in [0.25, 0.3) is 0 Å². The van der Waals surface area contributed by atoms with Crippen LogP contribution in [0.15, 0.2) is 28.9 Å². The van der Waals surface area contributed by atoms with E-state index in [1.54, 1.807) is 0 Å². The van der Waals surface area contributed by atoms with Crippen LogP contribution in [0.25, 0.3) is 0 Å². The van der Waals surface area contributed by atoms with E-state index in [1.807, 2.05) is 38.2 Å². The molecule has 3 heterocycles. The molecule has 0 aromatic carbocycles. The van der Waals surface area contributed by atoms with Crippen molar-refractivity contribution in [2.45, 2.75) is 25.9 Å². The minimum Gasteiger partial charge on any atom is -0.354 e. The second kappa shape index (κ2) is 8.62. The van der Waals surface area contributed by atoms with E-state index in [2.05, 4.69) is 24.9 Å². The van der Waals surface area contributed by atoms with Crippen LogP contribution < -0.4 is 10.6 Å². The van der Waals surface area contributed by atoms with E-state index in [1.165, 1.54) is 0 Å². The molecule has 3 rings (SSSR count). The SMILES string of the molecule is CC(C)(N)c1noc(CN2CCN(c3ccccn3)CC2)n1.Cl.Cl. The van der Waals surface area contributed by atoms with Gasteiger partial charge in [-0.05, 0) is 26.0 Å². The maximum atomic E-state index is 5.97. The molecule has 1 fully saturated rings. The summed E-state index contributed by atoms with van der Waals surface area (Å²) in [5.41, 5.74) is 5.40. The molecule has 24 heavy (non-hydrogen) atoms. The molecule has 7 nitrogen and oxygen atoms in total. The normalized spacial score (nSPS) is 15.5. The van der Waals surface area contributed by atoms with Gasteiger partial charge in [0.15, 0.2) is 5.82 Å². The van der Waals surface area contributed by atoms with E-state index >= 15 is 0 Å². The van der Waals surface area contributed by atoms with E-state index in [9.17, 15) is 0 Å². The Kier molecular flexibility index (Phi) is 7.41. The highest BCUT2D eigenvalue weighted by molar-refractivity contribution is 5.85. The third-order valence-corrected chi connectivity index (χ3v) is 3.75. The molecule has 0 atom stereocenters. The number of rotatable bonds is 4. The molecule has 0 radical (unpaired) electrons. The molecule has 2 N–H and O–H groups in total. The average molecular weight is 375 g/mol. The second-order valence-electron chi connectivity index (χ2n) is 6.18. The third-order valence-electron chi connectivity index (χ3n) is 3.75. The largest absolute Gasteiger partial charge is 0.354 e. The van der Waals surface area contributed by atoms with Crippen molar-refractivity contribution in [2.24, 2.45) is 5.73 Å². The number of nitrogens with zero attached hydrogens (tertiary/aromatic N) is 5. The van der Waals surface area contributed by atoms with E-state index in [-0.39, 0.29) is 24.8 Å². The van der Waals surface area contributed by atoms with Crippen molar-refractivity contribution in [3.05, 3.63) is 36.1 Å². The first-order valence-electron chi connectivity index (χ1n) is 7.52. The zero-order valence-electron chi connectivity index (χ0n) is 13.9. The Morgan fingerprint density at radius 2 is 1.88 bits per heavy atom. The fourth-order valence-electron chi connectivity index (χ4n) is 2.45. The van der Waals surface area contributed by atoms with E-state index in [0.29, 0.717) is 18.3 Å². The topological polar surface area (TPSA) is 84.3 Å². The van der Waals surface area contributed by atoms with Crippen molar-refractivity contribution in [1.82, 2.24) is 20.0 Å². The van der Waals surface area contributed by atoms with Crippen LogP contribution in [-0.2, 0) is 12.1 Å². The summed E-state index contributed by atoms with van der Waals surface area (Å²) >= 11 is 0. The number of hydrogen-bond donors (Lipinski definition) is 1. The number of nitrogens with two attached hydrogens (primary N) is 1. The van der Waals surface area contributed by atoms with Crippen molar-refractivity contribution in [3.63, 3.8) is 0 Å². The highest BCUT2D eigenvalue weighted by atomic mass is 35.5. The van der Waals surface area contributed by atoms with Crippen LogP contribution in [-0.4, -0.2) is 46.2 Å². The average Bonchev–Trinajstić information content (AvgIpc) is 2.98. The Morgan fingerprint density at radius 1 is 1.17 bits per heavy atom. The second-order valence-corrected chi connectivity index (χ2v) is 6.18. The Labute approximate surface area is 154 Å². The molecule has 9 heteroatoms. The molecule has 134 valence electrons. The van der Waals surface area contributed by atoms with Crippen LogP contribution in [0.2, 0.25) is 0 Å². The minimum absolute atomic E-state index is 0. The van der Waals surface area contributed by atoms with Crippen LogP contribution >= 0.6 is 24.8 Å². The lowest BCUT2D eigenvalue weighted by atomic mass is 10.1. The highest BCUT2D eigenvalue weighted by Crippen LogP contribution is 2.16. The monoisotopic (exact) mass is 374 g/mol. The Bertz CT molecular complexity index is 608.